The number of hydrogen-bond donors (Lipinski definition) is 3. The maximum absolute atomic E-state index is 12.8. The van der Waals surface area contributed by atoms with Gasteiger partial charge in [-0.25, -0.2) is 9.97 Å². The van der Waals surface area contributed by atoms with E-state index < -0.39 is 0 Å². The predicted molar refractivity (Wildman–Crippen MR) is 113 cm³/mol. The molecule has 30 heavy (non-hydrogen) atoms. The monoisotopic (exact) mass is 402 g/mol. The first-order chi connectivity index (χ1) is 14.4. The average Bonchev–Trinajstić information content (AvgIpc) is 3.40. The van der Waals surface area contributed by atoms with Gasteiger partial charge < -0.3 is 16.4 Å². The van der Waals surface area contributed by atoms with Crippen LogP contribution in [0.15, 0.2) is 36.8 Å². The molecule has 3 aromatic heterocycles. The molecule has 5 rings (SSSR count). The van der Waals surface area contributed by atoms with Gasteiger partial charge in [0.05, 0.1) is 5.69 Å². The summed E-state index contributed by atoms with van der Waals surface area (Å²) in [6.07, 6.45) is 7.15. The van der Waals surface area contributed by atoms with E-state index in [9.17, 15) is 9.59 Å². The lowest BCUT2D eigenvalue weighted by molar-refractivity contribution is -0.124. The van der Waals surface area contributed by atoms with Crippen molar-refractivity contribution in [3.8, 4) is 11.3 Å². The molecule has 2 amide bonds. The molecule has 1 aliphatic carbocycles. The Hall–Kier alpha value is -3.55. The fourth-order valence-electron chi connectivity index (χ4n) is 4.44. The Morgan fingerprint density at radius 3 is 3.00 bits per heavy atom. The van der Waals surface area contributed by atoms with Crippen molar-refractivity contribution in [3.63, 3.8) is 0 Å². The Morgan fingerprint density at radius 1 is 1.33 bits per heavy atom. The highest BCUT2D eigenvalue weighted by Gasteiger charge is 2.59. The number of piperidine rings is 1. The van der Waals surface area contributed by atoms with Crippen molar-refractivity contribution in [3.05, 3.63) is 42.4 Å². The molecule has 1 saturated carbocycles. The highest BCUT2D eigenvalue weighted by Crippen LogP contribution is 2.59. The number of nitrogens with zero attached hydrogens (tertiary/aromatic N) is 3. The van der Waals surface area contributed by atoms with Gasteiger partial charge in [-0.05, 0) is 54.3 Å². The van der Waals surface area contributed by atoms with E-state index in [0.29, 0.717) is 24.6 Å². The van der Waals surface area contributed by atoms with Gasteiger partial charge in [-0.1, -0.05) is 0 Å². The lowest BCUT2D eigenvalue weighted by Gasteiger charge is -2.22. The number of nitrogens with one attached hydrogen (secondary N) is 2. The van der Waals surface area contributed by atoms with Gasteiger partial charge >= 0.3 is 0 Å². The molecular formula is C22H22N6O2. The van der Waals surface area contributed by atoms with Gasteiger partial charge in [0.15, 0.2) is 0 Å². The van der Waals surface area contributed by atoms with E-state index in [1.54, 1.807) is 18.6 Å². The van der Waals surface area contributed by atoms with Crippen molar-refractivity contribution in [2.75, 3.05) is 17.6 Å². The largest absolute Gasteiger partial charge is 0.383 e. The number of rotatable bonds is 3. The van der Waals surface area contributed by atoms with Crippen molar-refractivity contribution < 1.29 is 9.59 Å². The minimum atomic E-state index is -0.178. The maximum Gasteiger partial charge on any atom is 0.229 e. The van der Waals surface area contributed by atoms with Crippen LogP contribution in [-0.4, -0.2) is 33.3 Å². The summed E-state index contributed by atoms with van der Waals surface area (Å²) in [5, 5.41) is 7.32. The van der Waals surface area contributed by atoms with Gasteiger partial charge in [0, 0.05) is 48.4 Å². The molecule has 0 aromatic carbocycles. The molecule has 2 aliphatic rings. The number of aryl methyl sites for hydroxylation is 1. The van der Waals surface area contributed by atoms with Crippen molar-refractivity contribution in [2.24, 2.45) is 11.3 Å². The Labute approximate surface area is 173 Å². The van der Waals surface area contributed by atoms with Gasteiger partial charge in [0.25, 0.3) is 0 Å². The third-order valence-electron chi connectivity index (χ3n) is 6.28. The molecule has 8 nitrogen and oxygen atoms in total. The van der Waals surface area contributed by atoms with Crippen LogP contribution in [0.3, 0.4) is 0 Å². The molecule has 1 aliphatic heterocycles. The van der Waals surface area contributed by atoms with Gasteiger partial charge in [0.1, 0.15) is 11.6 Å². The molecular weight excluding hydrogens is 380 g/mol. The van der Waals surface area contributed by atoms with Crippen molar-refractivity contribution in [1.82, 2.24) is 20.3 Å². The van der Waals surface area contributed by atoms with E-state index in [2.05, 4.69) is 25.6 Å². The molecule has 4 heterocycles. The van der Waals surface area contributed by atoms with E-state index >= 15 is 0 Å². The van der Waals surface area contributed by atoms with Crippen LogP contribution in [0.1, 0.15) is 24.8 Å². The van der Waals surface area contributed by atoms with Crippen LogP contribution in [0.2, 0.25) is 0 Å². The van der Waals surface area contributed by atoms with Crippen LogP contribution in [0.4, 0.5) is 11.6 Å². The molecule has 8 heteroatoms. The van der Waals surface area contributed by atoms with Crippen molar-refractivity contribution in [2.45, 2.75) is 26.2 Å². The summed E-state index contributed by atoms with van der Waals surface area (Å²) in [7, 11) is 0. The second-order valence-electron chi connectivity index (χ2n) is 8.26. The summed E-state index contributed by atoms with van der Waals surface area (Å²) in [4.78, 5) is 37.5. The zero-order chi connectivity index (χ0) is 20.9. The van der Waals surface area contributed by atoms with Crippen molar-refractivity contribution in [1.29, 1.82) is 0 Å². The molecule has 152 valence electrons. The van der Waals surface area contributed by atoms with Crippen molar-refractivity contribution >= 4 is 34.2 Å². The number of nitrogens with two attached hydrogens (primary N) is 1. The number of amides is 2. The van der Waals surface area contributed by atoms with Crippen LogP contribution in [0.25, 0.3) is 22.0 Å². The Morgan fingerprint density at radius 2 is 2.20 bits per heavy atom. The summed E-state index contributed by atoms with van der Waals surface area (Å²) in [6.45, 7) is 2.63. The summed E-state index contributed by atoms with van der Waals surface area (Å²) in [5.41, 5.74) is 8.67. The number of pyridine rings is 3. The molecule has 2 fully saturated rings. The second kappa shape index (κ2) is 6.76. The normalized spacial score (nSPS) is 22.7. The summed E-state index contributed by atoms with van der Waals surface area (Å²) in [6, 6.07) is 5.66. The number of fused-ring (bicyclic) bond motifs is 1. The summed E-state index contributed by atoms with van der Waals surface area (Å²) >= 11 is 0. The highest BCUT2D eigenvalue weighted by molar-refractivity contribution is 5.99. The lowest BCUT2D eigenvalue weighted by atomic mass is 9.91. The number of carbonyl (C=O) groups is 2. The molecule has 0 bridgehead atoms. The number of carbonyl (C=O) groups excluding carboxylic acids is 2. The van der Waals surface area contributed by atoms with Crippen LogP contribution >= 0.6 is 0 Å². The fraction of sp³-hybridized carbons (Fsp3) is 0.318. The van der Waals surface area contributed by atoms with E-state index in [1.807, 2.05) is 25.1 Å². The summed E-state index contributed by atoms with van der Waals surface area (Å²) in [5.74, 6) is 0.653. The van der Waals surface area contributed by atoms with Crippen LogP contribution in [-0.2, 0) is 9.59 Å². The molecule has 0 radical (unpaired) electrons. The third kappa shape index (κ3) is 3.14. The topological polar surface area (TPSA) is 123 Å². The first-order valence-corrected chi connectivity index (χ1v) is 10.00. The SMILES string of the molecule is Cc1ccncc1-c1cc2cc(NC(=O)[C@H]3C[C@@]34CCNC(=O)C4)ncc2c(N)n1. The van der Waals surface area contributed by atoms with E-state index in [0.717, 1.165) is 40.4 Å². The van der Waals surface area contributed by atoms with Gasteiger partial charge in [-0.2, -0.15) is 0 Å². The summed E-state index contributed by atoms with van der Waals surface area (Å²) < 4.78 is 0. The molecule has 3 aromatic rings. The highest BCUT2D eigenvalue weighted by atomic mass is 16.2. The maximum atomic E-state index is 12.8. The zero-order valence-corrected chi connectivity index (χ0v) is 16.6. The minimum absolute atomic E-state index is 0.0292. The van der Waals surface area contributed by atoms with Gasteiger partial charge in [0.2, 0.25) is 11.8 Å². The Kier molecular flexibility index (Phi) is 4.16. The number of aromatic nitrogens is 3. The molecule has 1 spiro atoms. The first kappa shape index (κ1) is 18.5. The Balaban J connectivity index is 1.41. The number of hydrogen-bond acceptors (Lipinski definition) is 6. The fourth-order valence-corrected chi connectivity index (χ4v) is 4.44. The van der Waals surface area contributed by atoms with E-state index in [4.69, 9.17) is 5.73 Å². The average molecular weight is 402 g/mol. The predicted octanol–water partition coefficient (Wildman–Crippen LogP) is 2.44. The molecule has 0 unspecified atom stereocenters. The Bertz CT molecular complexity index is 1190. The first-order valence-electron chi connectivity index (χ1n) is 10.00. The molecule has 4 N–H and O–H groups in total. The third-order valence-corrected chi connectivity index (χ3v) is 6.28. The quantitative estimate of drug-likeness (QED) is 0.618. The standard InChI is InChI=1S/C22H22N6O2/c1-12-2-4-24-10-14(12)17-6-13-7-18(26-11-15(13)20(23)27-17)28-21(30)16-8-22(16)3-5-25-19(29)9-22/h2,4,6-7,10-11,16H,3,5,8-9H2,1H3,(H2,23,27)(H,25,29)(H,26,28,30)/t16-,22-/m1/s1. The number of nitrogen functional groups attached to an aromatic ring is 1. The van der Waals surface area contributed by atoms with E-state index in [-0.39, 0.29) is 23.1 Å². The lowest BCUT2D eigenvalue weighted by Crippen LogP contribution is -2.36. The van der Waals surface area contributed by atoms with Crippen LogP contribution in [0.5, 0.6) is 0 Å². The van der Waals surface area contributed by atoms with Crippen LogP contribution in [0, 0.1) is 18.3 Å². The second-order valence-corrected chi connectivity index (χ2v) is 8.26. The van der Waals surface area contributed by atoms with Gasteiger partial charge in [-0.15, -0.1) is 0 Å². The van der Waals surface area contributed by atoms with E-state index in [1.165, 1.54) is 0 Å². The van der Waals surface area contributed by atoms with Gasteiger partial charge in [-0.3, -0.25) is 14.6 Å². The smallest absolute Gasteiger partial charge is 0.229 e. The molecule has 2 atom stereocenters. The molecule has 1 saturated heterocycles. The minimum Gasteiger partial charge on any atom is -0.383 e. The zero-order valence-electron chi connectivity index (χ0n) is 16.6. The number of anilines is 2. The van der Waals surface area contributed by atoms with Crippen LogP contribution < -0.4 is 16.4 Å².